The Morgan fingerprint density at radius 2 is 1.93 bits per heavy atom. The fraction of sp³-hybridized carbons (Fsp3) is 0.278. The maximum atomic E-state index is 12.5. The van der Waals surface area contributed by atoms with Crippen molar-refractivity contribution in [2.45, 2.75) is 12.6 Å². The molecule has 2 aromatic rings. The third kappa shape index (κ3) is 6.96. The minimum absolute atomic E-state index is 0.00885. The summed E-state index contributed by atoms with van der Waals surface area (Å²) < 4.78 is 42.9. The zero-order valence-corrected chi connectivity index (χ0v) is 15.4. The molecular formula is C18H21F3N6O2. The largest absolute Gasteiger partial charge is 0.494 e. The summed E-state index contributed by atoms with van der Waals surface area (Å²) in [5, 5.41) is 4.90. The molecule has 11 heteroatoms. The number of rotatable bonds is 10. The predicted molar refractivity (Wildman–Crippen MR) is 103 cm³/mol. The van der Waals surface area contributed by atoms with Gasteiger partial charge in [-0.3, -0.25) is 4.79 Å². The van der Waals surface area contributed by atoms with Crippen LogP contribution in [0.4, 0.5) is 30.6 Å². The molecule has 0 spiro atoms. The van der Waals surface area contributed by atoms with E-state index >= 15 is 0 Å². The Balaban J connectivity index is 2.10. The number of halogens is 3. The van der Waals surface area contributed by atoms with E-state index in [9.17, 15) is 18.0 Å². The summed E-state index contributed by atoms with van der Waals surface area (Å²) in [4.78, 5) is 19.2. The normalized spacial score (nSPS) is 11.0. The van der Waals surface area contributed by atoms with Crippen molar-refractivity contribution in [3.8, 4) is 0 Å². The maximum Gasteiger partial charge on any atom is 0.405 e. The van der Waals surface area contributed by atoms with Gasteiger partial charge in [0.2, 0.25) is 5.95 Å². The first kappa shape index (κ1) is 22.0. The molecule has 0 bridgehead atoms. The third-order valence-electron chi connectivity index (χ3n) is 3.60. The van der Waals surface area contributed by atoms with Gasteiger partial charge in [0.25, 0.3) is 5.91 Å². The monoisotopic (exact) mass is 410 g/mol. The van der Waals surface area contributed by atoms with E-state index in [4.69, 9.17) is 16.2 Å². The van der Waals surface area contributed by atoms with Crippen LogP contribution < -0.4 is 22.1 Å². The van der Waals surface area contributed by atoms with E-state index in [1.165, 1.54) is 0 Å². The van der Waals surface area contributed by atoms with E-state index < -0.39 is 18.6 Å². The Labute approximate surface area is 165 Å². The first-order valence-electron chi connectivity index (χ1n) is 8.56. The van der Waals surface area contributed by atoms with Gasteiger partial charge in [0, 0.05) is 17.4 Å². The second kappa shape index (κ2) is 9.73. The highest BCUT2D eigenvalue weighted by Gasteiger charge is 2.28. The van der Waals surface area contributed by atoms with E-state index in [0.717, 1.165) is 11.8 Å². The number of benzene rings is 1. The Morgan fingerprint density at radius 3 is 2.52 bits per heavy atom. The second-order valence-corrected chi connectivity index (χ2v) is 5.91. The average molecular weight is 410 g/mol. The molecule has 1 aromatic carbocycles. The van der Waals surface area contributed by atoms with Gasteiger partial charge in [-0.05, 0) is 37.2 Å². The second-order valence-electron chi connectivity index (χ2n) is 5.91. The molecule has 2 rings (SSSR count). The number of nitrogens with one attached hydrogen (secondary N) is 2. The van der Waals surface area contributed by atoms with Crippen molar-refractivity contribution in [2.24, 2.45) is 11.5 Å². The zero-order chi connectivity index (χ0) is 21.4. The van der Waals surface area contributed by atoms with E-state index in [2.05, 4.69) is 27.2 Å². The van der Waals surface area contributed by atoms with Crippen molar-refractivity contribution in [2.75, 3.05) is 30.3 Å². The minimum Gasteiger partial charge on any atom is -0.494 e. The highest BCUT2D eigenvalue weighted by molar-refractivity contribution is 5.97. The number of carbonyl (C=O) groups is 1. The molecule has 29 heavy (non-hydrogen) atoms. The van der Waals surface area contributed by atoms with Gasteiger partial charge in [0.15, 0.2) is 0 Å². The van der Waals surface area contributed by atoms with E-state index in [1.807, 2.05) is 0 Å². The van der Waals surface area contributed by atoms with Gasteiger partial charge < -0.3 is 26.8 Å². The molecule has 6 N–H and O–H groups in total. The predicted octanol–water partition coefficient (Wildman–Crippen LogP) is 2.63. The Kier molecular flexibility index (Phi) is 7.37. The van der Waals surface area contributed by atoms with E-state index in [-0.39, 0.29) is 17.3 Å². The third-order valence-corrected chi connectivity index (χ3v) is 3.60. The van der Waals surface area contributed by atoms with Crippen LogP contribution in [0.25, 0.3) is 5.76 Å². The number of ether oxygens (including phenoxy) is 1. The van der Waals surface area contributed by atoms with Gasteiger partial charge in [0.05, 0.1) is 12.2 Å². The van der Waals surface area contributed by atoms with Crippen molar-refractivity contribution >= 4 is 29.1 Å². The fourth-order valence-electron chi connectivity index (χ4n) is 2.17. The van der Waals surface area contributed by atoms with Crippen molar-refractivity contribution < 1.29 is 22.7 Å². The molecule has 1 aromatic heterocycles. The maximum absolute atomic E-state index is 12.5. The van der Waals surface area contributed by atoms with Gasteiger partial charge in [-0.2, -0.15) is 18.2 Å². The number of amides is 1. The van der Waals surface area contributed by atoms with Crippen LogP contribution in [0.3, 0.4) is 0 Å². The lowest BCUT2D eigenvalue weighted by Gasteiger charge is -2.13. The van der Waals surface area contributed by atoms with Crippen LogP contribution in [0.1, 0.15) is 22.3 Å². The number of anilines is 3. The molecule has 0 fully saturated rings. The van der Waals surface area contributed by atoms with Crippen LogP contribution in [0, 0.1) is 0 Å². The quantitative estimate of drug-likeness (QED) is 0.350. The number of nitrogens with zero attached hydrogens (tertiary/aromatic N) is 2. The number of alkyl halides is 3. The van der Waals surface area contributed by atoms with Crippen molar-refractivity contribution in [3.05, 3.63) is 48.2 Å². The number of nitrogens with two attached hydrogens (primary N) is 2. The molecule has 8 nitrogen and oxygen atoms in total. The molecule has 0 aliphatic carbocycles. The molecule has 0 radical (unpaired) electrons. The van der Waals surface area contributed by atoms with Crippen LogP contribution in [-0.4, -0.2) is 41.7 Å². The van der Waals surface area contributed by atoms with Crippen molar-refractivity contribution in [1.82, 2.24) is 9.97 Å². The highest BCUT2D eigenvalue weighted by Crippen LogP contribution is 2.22. The molecule has 1 heterocycles. The molecule has 156 valence electrons. The van der Waals surface area contributed by atoms with Crippen LogP contribution in [0.2, 0.25) is 0 Å². The lowest BCUT2D eigenvalue weighted by Crippen LogP contribution is -2.24. The minimum atomic E-state index is -4.49. The Bertz CT molecular complexity index is 856. The number of carbonyl (C=O) groups excluding carboxylic acids is 1. The number of hydrogen-bond acceptors (Lipinski definition) is 7. The molecule has 0 saturated heterocycles. The van der Waals surface area contributed by atoms with Crippen molar-refractivity contribution in [3.63, 3.8) is 0 Å². The summed E-state index contributed by atoms with van der Waals surface area (Å²) in [5.41, 5.74) is 11.6. The van der Waals surface area contributed by atoms with Gasteiger partial charge in [-0.1, -0.05) is 6.58 Å². The lowest BCUT2D eigenvalue weighted by molar-refractivity contribution is -0.115. The molecule has 0 saturated carbocycles. The standard InChI is InChI=1S/C18H21F3N6O2/c1-11(29-8-2-7-22)12-3-5-13(6-4-12)26-17-24-9-14(15(23)28)16(27-17)25-10-18(19,20)21/h3-6,9H,1-2,7-8,10,22H2,(H2,23,28)(H2,24,25,26,27). The van der Waals surface area contributed by atoms with Gasteiger partial charge >= 0.3 is 6.18 Å². The van der Waals surface area contributed by atoms with Crippen LogP contribution in [0.15, 0.2) is 37.0 Å². The smallest absolute Gasteiger partial charge is 0.405 e. The summed E-state index contributed by atoms with van der Waals surface area (Å²) in [6.07, 6.45) is -2.72. The molecule has 0 atom stereocenters. The Morgan fingerprint density at radius 1 is 1.24 bits per heavy atom. The van der Waals surface area contributed by atoms with Crippen LogP contribution in [0.5, 0.6) is 0 Å². The number of primary amides is 1. The summed E-state index contributed by atoms with van der Waals surface area (Å²) in [6.45, 7) is 3.45. The SMILES string of the molecule is C=C(OCCCN)c1ccc(Nc2ncc(C(N)=O)c(NCC(F)(F)F)n2)cc1. The summed E-state index contributed by atoms with van der Waals surface area (Å²) >= 11 is 0. The topological polar surface area (TPSA) is 128 Å². The van der Waals surface area contributed by atoms with E-state index in [1.54, 1.807) is 24.3 Å². The van der Waals surface area contributed by atoms with Gasteiger partial charge in [-0.15, -0.1) is 0 Å². The molecular weight excluding hydrogens is 389 g/mol. The average Bonchev–Trinajstić information content (AvgIpc) is 2.66. The fourth-order valence-corrected chi connectivity index (χ4v) is 2.17. The van der Waals surface area contributed by atoms with Crippen LogP contribution in [-0.2, 0) is 4.74 Å². The van der Waals surface area contributed by atoms with Crippen LogP contribution >= 0.6 is 0 Å². The number of aromatic nitrogens is 2. The summed E-state index contributed by atoms with van der Waals surface area (Å²) in [7, 11) is 0. The highest BCUT2D eigenvalue weighted by atomic mass is 19.4. The molecule has 0 aliphatic heterocycles. The molecule has 0 aliphatic rings. The molecule has 0 unspecified atom stereocenters. The van der Waals surface area contributed by atoms with E-state index in [0.29, 0.717) is 31.0 Å². The summed E-state index contributed by atoms with van der Waals surface area (Å²) in [5.74, 6) is -0.777. The number of hydrogen-bond donors (Lipinski definition) is 4. The lowest BCUT2D eigenvalue weighted by atomic mass is 10.2. The zero-order valence-electron chi connectivity index (χ0n) is 15.4. The first-order valence-corrected chi connectivity index (χ1v) is 8.56. The molecule has 1 amide bonds. The van der Waals surface area contributed by atoms with Gasteiger partial charge in [-0.25, -0.2) is 4.98 Å². The summed E-state index contributed by atoms with van der Waals surface area (Å²) in [6, 6.07) is 6.88. The Hall–Kier alpha value is -3.34. The first-order chi connectivity index (χ1) is 13.7. The van der Waals surface area contributed by atoms with Gasteiger partial charge in [0.1, 0.15) is 18.1 Å². The van der Waals surface area contributed by atoms with Crippen molar-refractivity contribution in [1.29, 1.82) is 0 Å².